The first-order valence-corrected chi connectivity index (χ1v) is 8.51. The van der Waals surface area contributed by atoms with Crippen LogP contribution in [0, 0.1) is 6.92 Å². The molecule has 6 heteroatoms. The van der Waals surface area contributed by atoms with Gasteiger partial charge in [-0.2, -0.15) is 0 Å². The molecule has 5 nitrogen and oxygen atoms in total. The quantitative estimate of drug-likeness (QED) is 0.690. The van der Waals surface area contributed by atoms with E-state index in [4.69, 9.17) is 5.73 Å². The fourth-order valence-electron chi connectivity index (χ4n) is 2.53. The Balaban J connectivity index is 0.00000338. The highest BCUT2D eigenvalue weighted by Gasteiger charge is 2.16. The molecule has 0 saturated heterocycles. The van der Waals surface area contributed by atoms with Gasteiger partial charge in [0.2, 0.25) is 11.8 Å². The van der Waals surface area contributed by atoms with E-state index in [-0.39, 0.29) is 24.2 Å². The van der Waals surface area contributed by atoms with Gasteiger partial charge in [-0.25, -0.2) is 0 Å². The van der Waals surface area contributed by atoms with E-state index >= 15 is 0 Å². The van der Waals surface area contributed by atoms with Crippen LogP contribution in [-0.4, -0.2) is 17.9 Å². The van der Waals surface area contributed by atoms with E-state index in [1.165, 1.54) is 0 Å². The number of benzene rings is 2. The van der Waals surface area contributed by atoms with Crippen molar-refractivity contribution in [2.24, 2.45) is 5.73 Å². The zero-order chi connectivity index (χ0) is 18.2. The number of hydrogen-bond acceptors (Lipinski definition) is 3. The molecule has 1 atom stereocenters. The molecule has 2 rings (SSSR count). The third-order valence-corrected chi connectivity index (χ3v) is 3.98. The summed E-state index contributed by atoms with van der Waals surface area (Å²) >= 11 is 0. The van der Waals surface area contributed by atoms with Gasteiger partial charge < -0.3 is 16.4 Å². The Morgan fingerprint density at radius 3 is 2.23 bits per heavy atom. The Bertz CT molecular complexity index is 735. The molecule has 0 aromatic heterocycles. The van der Waals surface area contributed by atoms with Crippen LogP contribution in [0.15, 0.2) is 48.5 Å². The molecule has 0 bridgehead atoms. The number of carbonyl (C=O) groups is 2. The number of nitrogens with one attached hydrogen (secondary N) is 2. The molecule has 0 aliphatic heterocycles. The van der Waals surface area contributed by atoms with E-state index in [0.717, 1.165) is 17.5 Å². The summed E-state index contributed by atoms with van der Waals surface area (Å²) in [5.41, 5.74) is 9.21. The molecule has 26 heavy (non-hydrogen) atoms. The molecule has 2 aromatic rings. The fourth-order valence-corrected chi connectivity index (χ4v) is 2.53. The topological polar surface area (TPSA) is 84.2 Å². The van der Waals surface area contributed by atoms with E-state index in [1.807, 2.05) is 50.2 Å². The van der Waals surface area contributed by atoms with Crippen LogP contribution in [0.3, 0.4) is 0 Å². The zero-order valence-electron chi connectivity index (χ0n) is 15.1. The lowest BCUT2D eigenvalue weighted by Gasteiger charge is -2.16. The predicted octanol–water partition coefficient (Wildman–Crippen LogP) is 3.66. The molecule has 0 spiro atoms. The summed E-state index contributed by atoms with van der Waals surface area (Å²) in [4.78, 5) is 24.2. The molecule has 4 N–H and O–H groups in total. The number of carbonyl (C=O) groups excluding carboxylic acids is 2. The lowest BCUT2D eigenvalue weighted by Crippen LogP contribution is -2.37. The Morgan fingerprint density at radius 2 is 1.62 bits per heavy atom. The fraction of sp³-hybridized carbons (Fsp3) is 0.300. The number of rotatable bonds is 7. The van der Waals surface area contributed by atoms with Crippen LogP contribution in [-0.2, 0) is 16.0 Å². The first kappa shape index (κ1) is 21.7. The highest BCUT2D eigenvalue weighted by atomic mass is 35.5. The van der Waals surface area contributed by atoms with Gasteiger partial charge in [0.15, 0.2) is 0 Å². The van der Waals surface area contributed by atoms with Gasteiger partial charge in [0.1, 0.15) is 0 Å². The van der Waals surface area contributed by atoms with Crippen molar-refractivity contribution >= 4 is 35.6 Å². The average molecular weight is 376 g/mol. The van der Waals surface area contributed by atoms with Gasteiger partial charge >= 0.3 is 0 Å². The van der Waals surface area contributed by atoms with Gasteiger partial charge in [-0.3, -0.25) is 9.59 Å². The largest absolute Gasteiger partial charge is 0.326 e. The Labute approximate surface area is 160 Å². The monoisotopic (exact) mass is 375 g/mol. The summed E-state index contributed by atoms with van der Waals surface area (Å²) in [7, 11) is 0. The van der Waals surface area contributed by atoms with Gasteiger partial charge in [0.25, 0.3) is 0 Å². The molecular formula is C20H26ClN3O2. The van der Waals surface area contributed by atoms with Crippen molar-refractivity contribution in [2.45, 2.75) is 39.2 Å². The molecule has 0 heterocycles. The summed E-state index contributed by atoms with van der Waals surface area (Å²) in [5, 5.41) is 5.73. The molecule has 2 aromatic carbocycles. The molecular weight excluding hydrogens is 350 g/mol. The van der Waals surface area contributed by atoms with Crippen molar-refractivity contribution in [3.05, 3.63) is 59.7 Å². The second-order valence-electron chi connectivity index (χ2n) is 6.06. The Morgan fingerprint density at radius 1 is 1.00 bits per heavy atom. The van der Waals surface area contributed by atoms with Crippen LogP contribution < -0.4 is 16.4 Å². The van der Waals surface area contributed by atoms with Gasteiger partial charge in [0, 0.05) is 17.8 Å². The summed E-state index contributed by atoms with van der Waals surface area (Å²) in [5.74, 6) is -0.279. The summed E-state index contributed by atoms with van der Waals surface area (Å²) in [6.07, 6.45) is 1.73. The van der Waals surface area contributed by atoms with Crippen molar-refractivity contribution in [3.8, 4) is 0 Å². The van der Waals surface area contributed by atoms with Crippen molar-refractivity contribution in [1.82, 2.24) is 0 Å². The van der Waals surface area contributed by atoms with Crippen molar-refractivity contribution < 1.29 is 9.59 Å². The highest BCUT2D eigenvalue weighted by molar-refractivity contribution is 5.98. The number of halogens is 1. The van der Waals surface area contributed by atoms with Gasteiger partial charge in [-0.1, -0.05) is 43.3 Å². The number of amides is 2. The maximum absolute atomic E-state index is 12.4. The molecule has 0 saturated carbocycles. The number of hydrogen-bond donors (Lipinski definition) is 3. The lowest BCUT2D eigenvalue weighted by atomic mass is 10.1. The van der Waals surface area contributed by atoms with Crippen LogP contribution >= 0.6 is 12.4 Å². The zero-order valence-corrected chi connectivity index (χ0v) is 15.9. The van der Waals surface area contributed by atoms with Crippen molar-refractivity contribution in [3.63, 3.8) is 0 Å². The van der Waals surface area contributed by atoms with Gasteiger partial charge in [0.05, 0.1) is 6.04 Å². The highest BCUT2D eigenvalue weighted by Crippen LogP contribution is 2.23. The lowest BCUT2D eigenvalue weighted by molar-refractivity contribution is -0.117. The van der Waals surface area contributed by atoms with Gasteiger partial charge in [-0.15, -0.1) is 12.4 Å². The summed E-state index contributed by atoms with van der Waals surface area (Å²) < 4.78 is 0. The SMILES string of the molecule is CCCC(=O)Nc1cccc(NC(=O)[C@@H](N)Cc2ccccc2)c1C.Cl. The van der Waals surface area contributed by atoms with Gasteiger partial charge in [-0.05, 0) is 43.0 Å². The van der Waals surface area contributed by atoms with E-state index in [1.54, 1.807) is 12.1 Å². The predicted molar refractivity (Wildman–Crippen MR) is 109 cm³/mol. The molecule has 0 aliphatic rings. The third kappa shape index (κ3) is 6.17. The molecule has 0 fully saturated rings. The maximum atomic E-state index is 12.4. The summed E-state index contributed by atoms with van der Waals surface area (Å²) in [6.45, 7) is 3.82. The smallest absolute Gasteiger partial charge is 0.241 e. The number of nitrogens with two attached hydrogens (primary N) is 1. The molecule has 140 valence electrons. The van der Waals surface area contributed by atoms with E-state index < -0.39 is 6.04 Å². The van der Waals surface area contributed by atoms with Crippen LogP contribution in [0.2, 0.25) is 0 Å². The molecule has 0 aliphatic carbocycles. The first-order valence-electron chi connectivity index (χ1n) is 8.51. The Kier molecular flexibility index (Phi) is 8.82. The van der Waals surface area contributed by atoms with Crippen molar-refractivity contribution in [1.29, 1.82) is 0 Å². The number of anilines is 2. The molecule has 0 unspecified atom stereocenters. The van der Waals surface area contributed by atoms with Crippen LogP contribution in [0.25, 0.3) is 0 Å². The average Bonchev–Trinajstić information content (AvgIpc) is 2.59. The van der Waals surface area contributed by atoms with E-state index in [9.17, 15) is 9.59 Å². The first-order chi connectivity index (χ1) is 12.0. The Hall–Kier alpha value is -2.37. The molecule has 0 radical (unpaired) electrons. The third-order valence-electron chi connectivity index (χ3n) is 3.98. The van der Waals surface area contributed by atoms with Crippen LogP contribution in [0.1, 0.15) is 30.9 Å². The summed E-state index contributed by atoms with van der Waals surface area (Å²) in [6, 6.07) is 14.5. The minimum Gasteiger partial charge on any atom is -0.326 e. The van der Waals surface area contributed by atoms with Crippen LogP contribution in [0.4, 0.5) is 11.4 Å². The maximum Gasteiger partial charge on any atom is 0.241 e. The van der Waals surface area contributed by atoms with Crippen molar-refractivity contribution in [2.75, 3.05) is 10.6 Å². The standard InChI is InChI=1S/C20H25N3O2.ClH/c1-3-8-19(24)22-17-11-7-12-18(14(17)2)23-20(25)16(21)13-15-9-5-4-6-10-15;/h4-7,9-12,16H,3,8,13,21H2,1-2H3,(H,22,24)(H,23,25);1H/t16-;/m0./s1. The van der Waals surface area contributed by atoms with E-state index in [2.05, 4.69) is 10.6 Å². The minimum absolute atomic E-state index is 0. The second kappa shape index (κ2) is 10.6. The second-order valence-corrected chi connectivity index (χ2v) is 6.06. The normalized spacial score (nSPS) is 11.2. The van der Waals surface area contributed by atoms with Crippen LogP contribution in [0.5, 0.6) is 0 Å². The molecule has 2 amide bonds. The van der Waals surface area contributed by atoms with E-state index in [0.29, 0.717) is 24.2 Å². The minimum atomic E-state index is -0.639.